The lowest BCUT2D eigenvalue weighted by Crippen LogP contribution is -2.34. The van der Waals surface area contributed by atoms with Crippen molar-refractivity contribution in [2.24, 2.45) is 0 Å². The fourth-order valence-electron chi connectivity index (χ4n) is 2.08. The molecule has 0 saturated carbocycles. The Kier molecular flexibility index (Phi) is 3.72. The highest BCUT2D eigenvalue weighted by atomic mass is 32.1. The summed E-state index contributed by atoms with van der Waals surface area (Å²) in [5, 5.41) is 3.53. The van der Waals surface area contributed by atoms with Gasteiger partial charge < -0.3 is 5.32 Å². The van der Waals surface area contributed by atoms with Crippen LogP contribution in [0.1, 0.15) is 23.4 Å². The SMILES string of the molecule is Cc1ncsc1CN(C)C[C@H]1CCCN1. The number of likely N-dealkylation sites (N-methyl/N-ethyl adjacent to an activating group) is 1. The first-order valence-electron chi connectivity index (χ1n) is 5.56. The summed E-state index contributed by atoms with van der Waals surface area (Å²) >= 11 is 1.76. The molecule has 0 amide bonds. The second kappa shape index (κ2) is 5.05. The largest absolute Gasteiger partial charge is 0.313 e. The third kappa shape index (κ3) is 3.00. The minimum absolute atomic E-state index is 0.697. The zero-order chi connectivity index (χ0) is 10.7. The van der Waals surface area contributed by atoms with Gasteiger partial charge in [0.15, 0.2) is 0 Å². The summed E-state index contributed by atoms with van der Waals surface area (Å²) in [5.74, 6) is 0. The second-order valence-electron chi connectivity index (χ2n) is 4.35. The van der Waals surface area contributed by atoms with Crippen molar-refractivity contribution in [3.05, 3.63) is 16.1 Å². The molecule has 1 aliphatic rings. The van der Waals surface area contributed by atoms with Gasteiger partial charge in [0.1, 0.15) is 0 Å². The predicted molar refractivity (Wildman–Crippen MR) is 64.2 cm³/mol. The van der Waals surface area contributed by atoms with Crippen LogP contribution in [0.4, 0.5) is 0 Å². The molecule has 1 aromatic rings. The third-order valence-electron chi connectivity index (χ3n) is 2.95. The lowest BCUT2D eigenvalue weighted by molar-refractivity contribution is 0.295. The fraction of sp³-hybridized carbons (Fsp3) is 0.727. The molecule has 0 aliphatic carbocycles. The van der Waals surface area contributed by atoms with Crippen molar-refractivity contribution in [1.82, 2.24) is 15.2 Å². The summed E-state index contributed by atoms with van der Waals surface area (Å²) in [6.07, 6.45) is 2.66. The molecule has 1 aromatic heterocycles. The molecular weight excluding hydrogens is 206 g/mol. The normalized spacial score (nSPS) is 21.4. The molecule has 0 bridgehead atoms. The molecule has 1 N–H and O–H groups in total. The number of aryl methyl sites for hydroxylation is 1. The van der Waals surface area contributed by atoms with Crippen LogP contribution in [0.25, 0.3) is 0 Å². The van der Waals surface area contributed by atoms with Crippen LogP contribution in [0, 0.1) is 6.92 Å². The molecule has 0 spiro atoms. The number of thiazole rings is 1. The quantitative estimate of drug-likeness (QED) is 0.844. The van der Waals surface area contributed by atoms with E-state index in [4.69, 9.17) is 0 Å². The average molecular weight is 225 g/mol. The summed E-state index contributed by atoms with van der Waals surface area (Å²) in [6.45, 7) is 5.47. The highest BCUT2D eigenvalue weighted by molar-refractivity contribution is 7.09. The van der Waals surface area contributed by atoms with Crippen LogP contribution >= 0.6 is 11.3 Å². The van der Waals surface area contributed by atoms with E-state index in [2.05, 4.69) is 29.2 Å². The minimum Gasteiger partial charge on any atom is -0.313 e. The highest BCUT2D eigenvalue weighted by Crippen LogP contribution is 2.15. The zero-order valence-electron chi connectivity index (χ0n) is 9.49. The van der Waals surface area contributed by atoms with Crippen LogP contribution in [-0.2, 0) is 6.54 Å². The average Bonchev–Trinajstić information content (AvgIpc) is 2.79. The van der Waals surface area contributed by atoms with Gasteiger partial charge in [0.2, 0.25) is 0 Å². The van der Waals surface area contributed by atoms with Gasteiger partial charge in [0, 0.05) is 24.0 Å². The summed E-state index contributed by atoms with van der Waals surface area (Å²) in [6, 6.07) is 0.697. The van der Waals surface area contributed by atoms with Gasteiger partial charge in [-0.15, -0.1) is 11.3 Å². The Morgan fingerprint density at radius 2 is 2.53 bits per heavy atom. The van der Waals surface area contributed by atoms with Gasteiger partial charge in [-0.05, 0) is 33.4 Å². The van der Waals surface area contributed by atoms with Gasteiger partial charge >= 0.3 is 0 Å². The van der Waals surface area contributed by atoms with Gasteiger partial charge in [-0.3, -0.25) is 4.90 Å². The smallest absolute Gasteiger partial charge is 0.0798 e. The maximum atomic E-state index is 4.28. The van der Waals surface area contributed by atoms with E-state index in [0.717, 1.165) is 13.1 Å². The monoisotopic (exact) mass is 225 g/mol. The van der Waals surface area contributed by atoms with E-state index in [-0.39, 0.29) is 0 Å². The van der Waals surface area contributed by atoms with E-state index in [0.29, 0.717) is 6.04 Å². The molecule has 0 unspecified atom stereocenters. The van der Waals surface area contributed by atoms with Crippen molar-refractivity contribution in [3.8, 4) is 0 Å². The van der Waals surface area contributed by atoms with E-state index in [1.165, 1.54) is 30.0 Å². The van der Waals surface area contributed by atoms with Gasteiger partial charge in [0.25, 0.3) is 0 Å². The van der Waals surface area contributed by atoms with E-state index in [1.54, 1.807) is 11.3 Å². The molecule has 2 heterocycles. The highest BCUT2D eigenvalue weighted by Gasteiger charge is 2.16. The van der Waals surface area contributed by atoms with Crippen LogP contribution in [-0.4, -0.2) is 36.1 Å². The lowest BCUT2D eigenvalue weighted by atomic mass is 10.2. The number of hydrogen-bond donors (Lipinski definition) is 1. The second-order valence-corrected chi connectivity index (χ2v) is 5.29. The first-order valence-corrected chi connectivity index (χ1v) is 6.44. The van der Waals surface area contributed by atoms with Crippen LogP contribution < -0.4 is 5.32 Å². The van der Waals surface area contributed by atoms with Crippen molar-refractivity contribution in [2.45, 2.75) is 32.4 Å². The topological polar surface area (TPSA) is 28.2 Å². The molecule has 1 aliphatic heterocycles. The molecule has 0 radical (unpaired) electrons. The number of rotatable bonds is 4. The van der Waals surface area contributed by atoms with Crippen molar-refractivity contribution in [2.75, 3.05) is 20.1 Å². The standard InChI is InChI=1S/C11H19N3S/c1-9-11(15-8-13-9)7-14(2)6-10-4-3-5-12-10/h8,10,12H,3-7H2,1-2H3/t10-/m1/s1. The number of nitrogens with zero attached hydrogens (tertiary/aromatic N) is 2. The molecule has 84 valence electrons. The lowest BCUT2D eigenvalue weighted by Gasteiger charge is -2.20. The van der Waals surface area contributed by atoms with E-state index < -0.39 is 0 Å². The summed E-state index contributed by atoms with van der Waals surface area (Å²) in [4.78, 5) is 8.07. The minimum atomic E-state index is 0.697. The van der Waals surface area contributed by atoms with Crippen molar-refractivity contribution < 1.29 is 0 Å². The predicted octanol–water partition coefficient (Wildman–Crippen LogP) is 1.64. The fourth-order valence-corrected chi connectivity index (χ4v) is 2.93. The van der Waals surface area contributed by atoms with Crippen LogP contribution in [0.15, 0.2) is 5.51 Å². The molecule has 2 rings (SSSR count). The molecule has 1 saturated heterocycles. The molecule has 15 heavy (non-hydrogen) atoms. The molecule has 1 atom stereocenters. The van der Waals surface area contributed by atoms with E-state index in [9.17, 15) is 0 Å². The third-order valence-corrected chi connectivity index (χ3v) is 3.87. The number of nitrogens with one attached hydrogen (secondary N) is 1. The Morgan fingerprint density at radius 1 is 1.67 bits per heavy atom. The molecule has 1 fully saturated rings. The Labute approximate surface area is 95.5 Å². The molecule has 3 nitrogen and oxygen atoms in total. The molecule has 4 heteroatoms. The summed E-state index contributed by atoms with van der Waals surface area (Å²) in [5.41, 5.74) is 3.12. The molecule has 0 aromatic carbocycles. The summed E-state index contributed by atoms with van der Waals surface area (Å²) < 4.78 is 0. The molecular formula is C11H19N3S. The van der Waals surface area contributed by atoms with Gasteiger partial charge in [-0.2, -0.15) is 0 Å². The maximum absolute atomic E-state index is 4.28. The van der Waals surface area contributed by atoms with Crippen molar-refractivity contribution in [1.29, 1.82) is 0 Å². The Hall–Kier alpha value is -0.450. The van der Waals surface area contributed by atoms with E-state index >= 15 is 0 Å². The number of aromatic nitrogens is 1. The first-order chi connectivity index (χ1) is 7.25. The Bertz CT molecular complexity index is 305. The van der Waals surface area contributed by atoms with Crippen LogP contribution in [0.2, 0.25) is 0 Å². The van der Waals surface area contributed by atoms with Gasteiger partial charge in [0.05, 0.1) is 11.2 Å². The van der Waals surface area contributed by atoms with Crippen LogP contribution in [0.5, 0.6) is 0 Å². The van der Waals surface area contributed by atoms with E-state index in [1.807, 2.05) is 5.51 Å². The van der Waals surface area contributed by atoms with Gasteiger partial charge in [-0.1, -0.05) is 0 Å². The van der Waals surface area contributed by atoms with Crippen molar-refractivity contribution >= 4 is 11.3 Å². The Balaban J connectivity index is 1.81. The first kappa shape index (κ1) is 11.0. The Morgan fingerprint density at radius 3 is 3.13 bits per heavy atom. The summed E-state index contributed by atoms with van der Waals surface area (Å²) in [7, 11) is 2.19. The maximum Gasteiger partial charge on any atom is 0.0798 e. The van der Waals surface area contributed by atoms with Crippen LogP contribution in [0.3, 0.4) is 0 Å². The zero-order valence-corrected chi connectivity index (χ0v) is 10.3. The van der Waals surface area contributed by atoms with Crippen molar-refractivity contribution in [3.63, 3.8) is 0 Å². The van der Waals surface area contributed by atoms with Gasteiger partial charge in [-0.25, -0.2) is 4.98 Å². The number of hydrogen-bond acceptors (Lipinski definition) is 4.